The third-order valence-corrected chi connectivity index (χ3v) is 5.79. The summed E-state index contributed by atoms with van der Waals surface area (Å²) >= 11 is 0. The van der Waals surface area contributed by atoms with Crippen molar-refractivity contribution in [2.75, 3.05) is 11.9 Å². The summed E-state index contributed by atoms with van der Waals surface area (Å²) in [4.78, 5) is 27.1. The second kappa shape index (κ2) is 9.58. The molecule has 1 aliphatic heterocycles. The standard InChI is InChI=1S/C26H27N3O2/c27-25(30)21-13-14-22-18-29(15-7-12-19-8-3-1-4-9-19)24(26(31)28-23(22)17-21)16-20-10-5-2-6-11-20/h1-6,8-11,13-14,17,24H,7,12,15-16,18H2,(H2,27,30)(H,28,31). The molecular weight excluding hydrogens is 386 g/mol. The van der Waals surface area contributed by atoms with E-state index in [1.54, 1.807) is 12.1 Å². The van der Waals surface area contributed by atoms with Crippen molar-refractivity contribution in [2.45, 2.75) is 31.8 Å². The summed E-state index contributed by atoms with van der Waals surface area (Å²) in [5, 5.41) is 3.04. The number of benzene rings is 3. The molecule has 158 valence electrons. The second-order valence-corrected chi connectivity index (χ2v) is 7.99. The molecule has 0 aromatic heterocycles. The summed E-state index contributed by atoms with van der Waals surface area (Å²) in [7, 11) is 0. The molecular formula is C26H27N3O2. The third-order valence-electron chi connectivity index (χ3n) is 5.79. The summed E-state index contributed by atoms with van der Waals surface area (Å²) in [5.41, 5.74) is 9.92. The van der Waals surface area contributed by atoms with Crippen molar-refractivity contribution in [3.63, 3.8) is 0 Å². The lowest BCUT2D eigenvalue weighted by Crippen LogP contribution is -2.43. The zero-order valence-corrected chi connectivity index (χ0v) is 17.5. The molecule has 3 aromatic carbocycles. The van der Waals surface area contributed by atoms with Crippen molar-refractivity contribution >= 4 is 17.5 Å². The minimum atomic E-state index is -0.498. The highest BCUT2D eigenvalue weighted by atomic mass is 16.2. The summed E-state index contributed by atoms with van der Waals surface area (Å²) in [6, 6.07) is 25.5. The van der Waals surface area contributed by atoms with E-state index in [2.05, 4.69) is 46.6 Å². The fourth-order valence-electron chi connectivity index (χ4n) is 4.12. The van der Waals surface area contributed by atoms with Gasteiger partial charge in [-0.15, -0.1) is 0 Å². The highest BCUT2D eigenvalue weighted by Crippen LogP contribution is 2.26. The van der Waals surface area contributed by atoms with Crippen LogP contribution in [0.2, 0.25) is 0 Å². The van der Waals surface area contributed by atoms with Crippen molar-refractivity contribution in [3.05, 3.63) is 101 Å². The van der Waals surface area contributed by atoms with Gasteiger partial charge >= 0.3 is 0 Å². The first-order valence-corrected chi connectivity index (χ1v) is 10.7. The molecule has 0 radical (unpaired) electrons. The van der Waals surface area contributed by atoms with Gasteiger partial charge in [-0.25, -0.2) is 0 Å². The fourth-order valence-corrected chi connectivity index (χ4v) is 4.12. The number of carbonyl (C=O) groups excluding carboxylic acids is 2. The molecule has 5 nitrogen and oxygen atoms in total. The van der Waals surface area contributed by atoms with E-state index in [0.717, 1.165) is 30.5 Å². The maximum Gasteiger partial charge on any atom is 0.248 e. The first kappa shape index (κ1) is 20.8. The minimum absolute atomic E-state index is 0.0519. The van der Waals surface area contributed by atoms with Gasteiger partial charge in [-0.05, 0) is 54.6 Å². The Morgan fingerprint density at radius 2 is 1.65 bits per heavy atom. The first-order chi connectivity index (χ1) is 15.1. The van der Waals surface area contributed by atoms with Crippen LogP contribution in [0.15, 0.2) is 78.9 Å². The summed E-state index contributed by atoms with van der Waals surface area (Å²) < 4.78 is 0. The lowest BCUT2D eigenvalue weighted by atomic mass is 10.0. The van der Waals surface area contributed by atoms with Crippen LogP contribution in [0.3, 0.4) is 0 Å². The van der Waals surface area contributed by atoms with E-state index in [-0.39, 0.29) is 11.9 Å². The number of hydrogen-bond acceptors (Lipinski definition) is 3. The van der Waals surface area contributed by atoms with Crippen LogP contribution in [0.4, 0.5) is 5.69 Å². The maximum atomic E-state index is 13.2. The highest BCUT2D eigenvalue weighted by molar-refractivity contribution is 5.99. The smallest absolute Gasteiger partial charge is 0.248 e. The van der Waals surface area contributed by atoms with E-state index in [1.807, 2.05) is 30.3 Å². The molecule has 1 unspecified atom stereocenters. The molecule has 0 spiro atoms. The number of anilines is 1. The van der Waals surface area contributed by atoms with Crippen LogP contribution in [0.25, 0.3) is 0 Å². The molecule has 3 aromatic rings. The quantitative estimate of drug-likeness (QED) is 0.619. The molecule has 1 atom stereocenters. The largest absolute Gasteiger partial charge is 0.366 e. The number of nitrogens with zero attached hydrogens (tertiary/aromatic N) is 1. The normalized spacial score (nSPS) is 16.3. The number of primary amides is 1. The molecule has 1 aliphatic rings. The molecule has 0 bridgehead atoms. The van der Waals surface area contributed by atoms with Gasteiger partial charge in [0.2, 0.25) is 11.8 Å². The average molecular weight is 414 g/mol. The number of fused-ring (bicyclic) bond motifs is 1. The number of rotatable bonds is 7. The number of nitrogens with one attached hydrogen (secondary N) is 1. The lowest BCUT2D eigenvalue weighted by molar-refractivity contribution is -0.121. The van der Waals surface area contributed by atoms with Gasteiger partial charge in [0.1, 0.15) is 0 Å². The van der Waals surface area contributed by atoms with Crippen LogP contribution in [-0.2, 0) is 24.2 Å². The fraction of sp³-hybridized carbons (Fsp3) is 0.231. The maximum absolute atomic E-state index is 13.2. The zero-order valence-electron chi connectivity index (χ0n) is 17.5. The van der Waals surface area contributed by atoms with Gasteiger partial charge in [0.05, 0.1) is 6.04 Å². The van der Waals surface area contributed by atoms with Crippen LogP contribution >= 0.6 is 0 Å². The van der Waals surface area contributed by atoms with E-state index < -0.39 is 5.91 Å². The highest BCUT2D eigenvalue weighted by Gasteiger charge is 2.30. The predicted molar refractivity (Wildman–Crippen MR) is 123 cm³/mol. The topological polar surface area (TPSA) is 75.4 Å². The number of aryl methyl sites for hydroxylation is 1. The molecule has 3 N–H and O–H groups in total. The predicted octanol–water partition coefficient (Wildman–Crippen LogP) is 3.78. The van der Waals surface area contributed by atoms with E-state index in [0.29, 0.717) is 24.2 Å². The molecule has 0 aliphatic carbocycles. The van der Waals surface area contributed by atoms with Gasteiger partial charge < -0.3 is 11.1 Å². The molecule has 0 fully saturated rings. The van der Waals surface area contributed by atoms with Crippen molar-refractivity contribution < 1.29 is 9.59 Å². The van der Waals surface area contributed by atoms with Gasteiger partial charge in [0.25, 0.3) is 0 Å². The van der Waals surface area contributed by atoms with E-state index in [9.17, 15) is 9.59 Å². The lowest BCUT2D eigenvalue weighted by Gasteiger charge is -2.28. The monoisotopic (exact) mass is 413 g/mol. The van der Waals surface area contributed by atoms with E-state index in [1.165, 1.54) is 5.56 Å². The summed E-state index contributed by atoms with van der Waals surface area (Å²) in [6.45, 7) is 1.44. The van der Waals surface area contributed by atoms with Gasteiger partial charge in [0.15, 0.2) is 0 Å². The Labute approximate surface area is 182 Å². The van der Waals surface area contributed by atoms with Gasteiger partial charge in [0, 0.05) is 17.8 Å². The van der Waals surface area contributed by atoms with E-state index >= 15 is 0 Å². The average Bonchev–Trinajstić information content (AvgIpc) is 2.91. The van der Waals surface area contributed by atoms with Crippen LogP contribution in [0.1, 0.15) is 33.5 Å². The number of amides is 2. The van der Waals surface area contributed by atoms with Gasteiger partial charge in [-0.2, -0.15) is 0 Å². The minimum Gasteiger partial charge on any atom is -0.366 e. The Balaban J connectivity index is 1.57. The zero-order chi connectivity index (χ0) is 21.6. The molecule has 1 heterocycles. The second-order valence-electron chi connectivity index (χ2n) is 7.99. The van der Waals surface area contributed by atoms with Crippen molar-refractivity contribution in [3.8, 4) is 0 Å². The van der Waals surface area contributed by atoms with Crippen LogP contribution < -0.4 is 11.1 Å². The first-order valence-electron chi connectivity index (χ1n) is 10.7. The Bertz CT molecular complexity index is 1050. The van der Waals surface area contributed by atoms with Crippen molar-refractivity contribution in [2.24, 2.45) is 5.73 Å². The van der Waals surface area contributed by atoms with Gasteiger partial charge in [-0.3, -0.25) is 14.5 Å². The molecule has 0 saturated heterocycles. The molecule has 4 rings (SSSR count). The Morgan fingerprint density at radius 1 is 0.968 bits per heavy atom. The van der Waals surface area contributed by atoms with Gasteiger partial charge in [-0.1, -0.05) is 66.7 Å². The van der Waals surface area contributed by atoms with E-state index in [4.69, 9.17) is 5.73 Å². The SMILES string of the molecule is NC(=O)c1ccc2c(c1)NC(=O)C(Cc1ccccc1)N(CCCc1ccccc1)C2. The molecule has 2 amide bonds. The number of nitrogens with two attached hydrogens (primary N) is 1. The Hall–Kier alpha value is -3.44. The molecule has 5 heteroatoms. The third kappa shape index (κ3) is 5.19. The number of carbonyl (C=O) groups is 2. The molecule has 31 heavy (non-hydrogen) atoms. The van der Waals surface area contributed by atoms with Crippen LogP contribution in [0.5, 0.6) is 0 Å². The summed E-state index contributed by atoms with van der Waals surface area (Å²) in [5.74, 6) is -0.550. The Kier molecular flexibility index (Phi) is 6.43. The van der Waals surface area contributed by atoms with Crippen LogP contribution in [-0.4, -0.2) is 29.3 Å². The van der Waals surface area contributed by atoms with Crippen molar-refractivity contribution in [1.29, 1.82) is 0 Å². The molecule has 0 saturated carbocycles. The Morgan fingerprint density at radius 3 is 2.32 bits per heavy atom. The van der Waals surface area contributed by atoms with Crippen molar-refractivity contribution in [1.82, 2.24) is 4.90 Å². The summed E-state index contributed by atoms with van der Waals surface area (Å²) in [6.07, 6.45) is 2.55. The number of hydrogen-bond donors (Lipinski definition) is 2. The van der Waals surface area contributed by atoms with Crippen LogP contribution in [0, 0.1) is 0 Å².